The first-order valence-electron chi connectivity index (χ1n) is 26.7. The first kappa shape index (κ1) is 60.4. The van der Waals surface area contributed by atoms with Gasteiger partial charge >= 0.3 is 5.97 Å². The van der Waals surface area contributed by atoms with Crippen LogP contribution in [0.3, 0.4) is 0 Å². The summed E-state index contributed by atoms with van der Waals surface area (Å²) in [5, 5.41) is 27.5. The minimum atomic E-state index is -1.09. The van der Waals surface area contributed by atoms with Crippen LogP contribution in [0, 0.1) is 18.2 Å². The average molecular weight is 1160 g/mol. The number of aliphatic hydroxyl groups excluding tert-OH is 1. The number of ether oxygens (including phenoxy) is 5. The molecule has 20 nitrogen and oxygen atoms in total. The van der Waals surface area contributed by atoms with E-state index in [0.717, 1.165) is 32.8 Å². The Kier molecular flexibility index (Phi) is 20.2. The van der Waals surface area contributed by atoms with Gasteiger partial charge in [-0.25, -0.2) is 19.2 Å². The molecule has 0 radical (unpaired) electrons. The van der Waals surface area contributed by atoms with Gasteiger partial charge in [-0.2, -0.15) is 0 Å². The van der Waals surface area contributed by atoms with Gasteiger partial charge in [-0.15, -0.1) is 22.7 Å². The lowest BCUT2D eigenvalue weighted by atomic mass is 9.81. The van der Waals surface area contributed by atoms with Crippen molar-refractivity contribution in [1.29, 1.82) is 0 Å². The first-order valence-corrected chi connectivity index (χ1v) is 28.4. The zero-order chi connectivity index (χ0) is 58.6. The van der Waals surface area contributed by atoms with Crippen LogP contribution in [-0.4, -0.2) is 133 Å². The van der Waals surface area contributed by atoms with E-state index in [1.54, 1.807) is 91.7 Å². The zero-order valence-electron chi connectivity index (χ0n) is 46.4. The van der Waals surface area contributed by atoms with Crippen molar-refractivity contribution in [1.82, 2.24) is 36.1 Å². The molecule has 0 saturated carbocycles. The summed E-state index contributed by atoms with van der Waals surface area (Å²) < 4.78 is 44.3. The number of rotatable bonds is 24. The van der Waals surface area contributed by atoms with Gasteiger partial charge in [0.25, 0.3) is 0 Å². The molecule has 4 atom stereocenters. The fourth-order valence-electron chi connectivity index (χ4n) is 9.68. The number of β-amino-alcohol motifs (C(OH)–C–C–N with tert-alkyl or cyclic N) is 1. The number of esters is 1. The number of methoxy groups -OCH3 is 1. The number of aryl methyl sites for hydroxylation is 1. The third-order valence-corrected chi connectivity index (χ3v) is 15.5. The highest BCUT2D eigenvalue weighted by molar-refractivity contribution is 7.14. The number of nitrogens with one attached hydrogen (secondary N) is 5. The average Bonchev–Trinajstić information content (AvgIpc) is 4.35. The van der Waals surface area contributed by atoms with Gasteiger partial charge in [0, 0.05) is 67.8 Å². The van der Waals surface area contributed by atoms with Crippen LogP contribution in [0.2, 0.25) is 0 Å². The summed E-state index contributed by atoms with van der Waals surface area (Å²) >= 11 is 2.86. The molecule has 1 saturated heterocycles. The number of hydrogen-bond acceptors (Lipinski definition) is 17. The Bertz CT molecular complexity index is 3230. The number of thiazole rings is 2. The number of nitrogens with zero attached hydrogens (tertiary/aromatic N) is 3. The van der Waals surface area contributed by atoms with E-state index < -0.39 is 77.8 Å². The highest BCUT2D eigenvalue weighted by Gasteiger charge is 2.44. The summed E-state index contributed by atoms with van der Waals surface area (Å²) in [6, 6.07) is 20.2. The van der Waals surface area contributed by atoms with Crippen LogP contribution in [0.5, 0.6) is 17.2 Å². The van der Waals surface area contributed by atoms with Crippen LogP contribution in [-0.2, 0) is 56.7 Å². The van der Waals surface area contributed by atoms with Gasteiger partial charge in [-0.3, -0.25) is 24.0 Å². The van der Waals surface area contributed by atoms with E-state index in [1.807, 2.05) is 44.2 Å². The summed E-state index contributed by atoms with van der Waals surface area (Å²) in [6.07, 6.45) is 1.40. The van der Waals surface area contributed by atoms with Crippen molar-refractivity contribution < 1.29 is 61.9 Å². The molecule has 0 unspecified atom stereocenters. The van der Waals surface area contributed by atoms with Crippen LogP contribution in [0.15, 0.2) is 96.0 Å². The first-order chi connectivity index (χ1) is 39.3. The number of likely N-dealkylation sites (tertiary alicyclic amines) is 1. The summed E-state index contributed by atoms with van der Waals surface area (Å²) in [4.78, 5) is 89.5. The SMILES string of the molecule is COC(=O)c1ccc(-c2ccc(Oc3cc4c(cc3OCCOCCNC(=O)COCC(=O)N[C@H](C(=O)N3C[C@H](O)C[C@H]3C(=O)NCc3ccc(-c5scnc5C)cc3)C(C)(C)C)CCN[C@]4(C)CC(=O)Nc3nccs3)cc2F)cc1. The molecule has 0 aliphatic carbocycles. The maximum Gasteiger partial charge on any atom is 0.337 e. The maximum atomic E-state index is 15.8. The number of benzene rings is 4. The maximum absolute atomic E-state index is 15.8. The van der Waals surface area contributed by atoms with Gasteiger partial charge in [-0.05, 0) is 89.9 Å². The Balaban J connectivity index is 0.802. The molecule has 4 aromatic carbocycles. The lowest BCUT2D eigenvalue weighted by Crippen LogP contribution is -2.58. The van der Waals surface area contributed by atoms with E-state index in [-0.39, 0.29) is 75.3 Å². The number of carbonyl (C=O) groups excluding carboxylic acids is 6. The van der Waals surface area contributed by atoms with Gasteiger partial charge in [0.1, 0.15) is 43.5 Å². The molecule has 4 heterocycles. The molecule has 6 N–H and O–H groups in total. The van der Waals surface area contributed by atoms with Crippen LogP contribution in [0.1, 0.15) is 73.3 Å². The molecule has 82 heavy (non-hydrogen) atoms. The van der Waals surface area contributed by atoms with Gasteiger partial charge in [0.2, 0.25) is 29.5 Å². The molecule has 434 valence electrons. The number of hydrogen-bond donors (Lipinski definition) is 6. The van der Waals surface area contributed by atoms with E-state index in [1.165, 1.54) is 29.4 Å². The monoisotopic (exact) mass is 1160 g/mol. The molecule has 2 aromatic heterocycles. The number of amides is 5. The Labute approximate surface area is 482 Å². The molecular formula is C59H67FN8O12S2. The lowest BCUT2D eigenvalue weighted by molar-refractivity contribution is -0.145. The lowest BCUT2D eigenvalue weighted by Gasteiger charge is -2.37. The van der Waals surface area contributed by atoms with Crippen molar-refractivity contribution in [2.45, 2.75) is 84.2 Å². The van der Waals surface area contributed by atoms with Gasteiger partial charge in [0.05, 0.1) is 48.1 Å². The van der Waals surface area contributed by atoms with Crippen LogP contribution in [0.25, 0.3) is 21.6 Å². The topological polar surface area (TPSA) is 258 Å². The van der Waals surface area contributed by atoms with Crippen molar-refractivity contribution >= 4 is 63.3 Å². The van der Waals surface area contributed by atoms with E-state index in [4.69, 9.17) is 23.7 Å². The van der Waals surface area contributed by atoms with E-state index in [2.05, 4.69) is 36.6 Å². The Morgan fingerprint density at radius 1 is 0.878 bits per heavy atom. The van der Waals surface area contributed by atoms with E-state index >= 15 is 4.39 Å². The Hall–Kier alpha value is -7.67. The molecule has 2 aliphatic rings. The molecule has 0 spiro atoms. The number of fused-ring (bicyclic) bond motifs is 1. The summed E-state index contributed by atoms with van der Waals surface area (Å²) in [5.74, 6) is -2.64. The number of anilines is 1. The van der Waals surface area contributed by atoms with Gasteiger partial charge in [-0.1, -0.05) is 57.2 Å². The predicted molar refractivity (Wildman–Crippen MR) is 306 cm³/mol. The van der Waals surface area contributed by atoms with Crippen LogP contribution < -0.4 is 36.1 Å². The molecule has 0 bridgehead atoms. The molecule has 6 aromatic rings. The minimum absolute atomic E-state index is 0.0364. The highest BCUT2D eigenvalue weighted by Crippen LogP contribution is 2.42. The van der Waals surface area contributed by atoms with Crippen molar-refractivity contribution in [2.24, 2.45) is 5.41 Å². The van der Waals surface area contributed by atoms with Crippen molar-refractivity contribution in [3.8, 4) is 38.8 Å². The number of aliphatic hydroxyl groups is 1. The van der Waals surface area contributed by atoms with Crippen LogP contribution >= 0.6 is 22.7 Å². The summed E-state index contributed by atoms with van der Waals surface area (Å²) in [7, 11) is 1.28. The summed E-state index contributed by atoms with van der Waals surface area (Å²) in [5.41, 5.74) is 5.85. The quantitative estimate of drug-likeness (QED) is 0.0273. The minimum Gasteiger partial charge on any atom is -0.487 e. The molecule has 23 heteroatoms. The van der Waals surface area contributed by atoms with Crippen molar-refractivity contribution in [3.05, 3.63) is 130 Å². The normalized spacial score (nSPS) is 17.0. The van der Waals surface area contributed by atoms with Crippen molar-refractivity contribution in [2.75, 3.05) is 65.1 Å². The predicted octanol–water partition coefficient (Wildman–Crippen LogP) is 6.69. The molecular weight excluding hydrogens is 1100 g/mol. The third kappa shape index (κ3) is 15.7. The zero-order valence-corrected chi connectivity index (χ0v) is 48.1. The molecule has 5 amide bonds. The van der Waals surface area contributed by atoms with Gasteiger partial charge < -0.3 is 60.3 Å². The molecule has 1 fully saturated rings. The Morgan fingerprint density at radius 3 is 2.33 bits per heavy atom. The van der Waals surface area contributed by atoms with E-state index in [9.17, 15) is 33.9 Å². The Morgan fingerprint density at radius 2 is 1.63 bits per heavy atom. The fourth-order valence-corrected chi connectivity index (χ4v) is 11.0. The molecule has 8 rings (SSSR count). The van der Waals surface area contributed by atoms with Crippen molar-refractivity contribution in [3.63, 3.8) is 0 Å². The largest absolute Gasteiger partial charge is 0.487 e. The molecule has 2 aliphatic heterocycles. The van der Waals surface area contributed by atoms with Gasteiger partial charge in [0.15, 0.2) is 16.6 Å². The third-order valence-electron chi connectivity index (χ3n) is 13.9. The fraction of sp³-hybridized carbons (Fsp3) is 0.390. The second-order valence-electron chi connectivity index (χ2n) is 21.1. The van der Waals surface area contributed by atoms with E-state index in [0.29, 0.717) is 35.0 Å². The van der Waals surface area contributed by atoms with Crippen LogP contribution in [0.4, 0.5) is 9.52 Å². The second kappa shape index (κ2) is 27.4. The number of carbonyl (C=O) groups is 6. The smallest absolute Gasteiger partial charge is 0.337 e. The summed E-state index contributed by atoms with van der Waals surface area (Å²) in [6.45, 7) is 9.28. The number of halogens is 1. The standard InChI is InChI=1S/C59H67FN8O12S2/c1-35-52(82-34-64-35)38-9-7-36(8-10-38)30-63-54(73)46-26-41(69)31-68(46)55(74)53(58(2,3)4)66-51(72)33-78-32-50(71)61-19-21-77-22-23-79-47-25-40-17-18-65-59(5,29-49(70)67-57-62-20-24-81-57)44(40)28-48(47)80-42-15-16-43(45(60)27-42)37-11-13-39(14-12-37)56(75)76-6/h7-16,20,24-25,27-28,34,41,46,53,65,69H,17-19,21-23,26,29-33H2,1-6H3,(H,61,71)(H,63,73)(H,66,72)(H,62,67,70)/t41-,46+,53-,59-/m1/s1. The highest BCUT2D eigenvalue weighted by atomic mass is 32.1. The second-order valence-corrected chi connectivity index (χ2v) is 22.8. The number of aromatic nitrogens is 2.